The van der Waals surface area contributed by atoms with Crippen molar-refractivity contribution in [3.63, 3.8) is 0 Å². The molecule has 2 heterocycles. The summed E-state index contributed by atoms with van der Waals surface area (Å²) in [5, 5.41) is 11.8. The zero-order chi connectivity index (χ0) is 16.9. The van der Waals surface area contributed by atoms with Crippen LogP contribution >= 0.6 is 0 Å². The van der Waals surface area contributed by atoms with E-state index >= 15 is 0 Å². The van der Waals surface area contributed by atoms with E-state index in [1.807, 2.05) is 37.3 Å². The monoisotopic (exact) mass is 329 g/mol. The third-order valence-corrected chi connectivity index (χ3v) is 4.24. The summed E-state index contributed by atoms with van der Waals surface area (Å²) in [5.74, 6) is 1.85. The maximum Gasteiger partial charge on any atom is 0.227 e. The van der Waals surface area contributed by atoms with Crippen LogP contribution in [0.3, 0.4) is 0 Å². The highest BCUT2D eigenvalue weighted by atomic mass is 16.5. The van der Waals surface area contributed by atoms with Gasteiger partial charge in [-0.15, -0.1) is 10.2 Å². The van der Waals surface area contributed by atoms with Gasteiger partial charge in [0.2, 0.25) is 5.91 Å². The second kappa shape index (κ2) is 7.55. The van der Waals surface area contributed by atoms with E-state index in [0.29, 0.717) is 26.2 Å². The topological polar surface area (TPSA) is 72.3 Å². The number of fused-ring (bicyclic) bond motifs is 1. The fourth-order valence-corrected chi connectivity index (χ4v) is 2.79. The summed E-state index contributed by atoms with van der Waals surface area (Å²) < 4.78 is 7.47. The van der Waals surface area contributed by atoms with Crippen LogP contribution in [0.2, 0.25) is 0 Å². The Kier molecular flexibility index (Phi) is 5.22. The molecule has 7 nitrogen and oxygen atoms in total. The Bertz CT molecular complexity index is 686. The number of aromatic nitrogens is 3. The standard InChI is InChI=1S/C17H23N5O2/c1-13(17-20-19-15-12-24-11-10-22(15)17)18-9-8-16(23)21(2)14-6-4-3-5-7-14/h3-7,13,18H,8-12H2,1-2H3. The lowest BCUT2D eigenvalue weighted by molar-refractivity contribution is -0.118. The first-order chi connectivity index (χ1) is 11.7. The van der Waals surface area contributed by atoms with Gasteiger partial charge in [-0.2, -0.15) is 0 Å². The number of nitrogens with zero attached hydrogens (tertiary/aromatic N) is 4. The number of nitrogens with one attached hydrogen (secondary N) is 1. The molecule has 1 aliphatic heterocycles. The Hall–Kier alpha value is -2.25. The molecular formula is C17H23N5O2. The molecule has 0 radical (unpaired) electrons. The molecule has 24 heavy (non-hydrogen) atoms. The number of hydrogen-bond acceptors (Lipinski definition) is 5. The van der Waals surface area contributed by atoms with E-state index < -0.39 is 0 Å². The quantitative estimate of drug-likeness (QED) is 0.870. The van der Waals surface area contributed by atoms with E-state index in [0.717, 1.165) is 23.9 Å². The van der Waals surface area contributed by atoms with Crippen molar-refractivity contribution in [3.05, 3.63) is 42.0 Å². The highest BCUT2D eigenvalue weighted by Gasteiger charge is 2.20. The summed E-state index contributed by atoms with van der Waals surface area (Å²) in [4.78, 5) is 14.0. The lowest BCUT2D eigenvalue weighted by atomic mass is 10.2. The minimum atomic E-state index is 0.0409. The molecule has 1 amide bonds. The second-order valence-corrected chi connectivity index (χ2v) is 5.89. The molecule has 128 valence electrons. The molecule has 1 aromatic carbocycles. The predicted molar refractivity (Wildman–Crippen MR) is 90.6 cm³/mol. The molecule has 1 N–H and O–H groups in total. The van der Waals surface area contributed by atoms with Crippen molar-refractivity contribution in [2.24, 2.45) is 0 Å². The molecule has 2 aromatic rings. The van der Waals surface area contributed by atoms with Crippen molar-refractivity contribution in [1.82, 2.24) is 20.1 Å². The third kappa shape index (κ3) is 3.63. The zero-order valence-electron chi connectivity index (χ0n) is 14.1. The van der Waals surface area contributed by atoms with Gasteiger partial charge in [-0.05, 0) is 19.1 Å². The molecule has 0 fully saturated rings. The molecule has 7 heteroatoms. The van der Waals surface area contributed by atoms with Crippen molar-refractivity contribution in [2.75, 3.05) is 25.1 Å². The SMILES string of the molecule is CC(NCCC(=O)N(C)c1ccccc1)c1nnc2n1CCOC2. The van der Waals surface area contributed by atoms with Gasteiger partial charge in [0.25, 0.3) is 0 Å². The summed E-state index contributed by atoms with van der Waals surface area (Å²) in [6.45, 7) is 4.61. The summed E-state index contributed by atoms with van der Waals surface area (Å²) in [5.41, 5.74) is 0.905. The Labute approximate surface area is 141 Å². The first-order valence-corrected chi connectivity index (χ1v) is 8.21. The van der Waals surface area contributed by atoms with Crippen LogP contribution in [-0.4, -0.2) is 40.9 Å². The van der Waals surface area contributed by atoms with Gasteiger partial charge in [-0.1, -0.05) is 18.2 Å². The van der Waals surface area contributed by atoms with E-state index in [-0.39, 0.29) is 11.9 Å². The highest BCUT2D eigenvalue weighted by Crippen LogP contribution is 2.16. The molecule has 1 atom stereocenters. The first-order valence-electron chi connectivity index (χ1n) is 8.21. The first kappa shape index (κ1) is 16.6. The van der Waals surface area contributed by atoms with Crippen LogP contribution in [0.1, 0.15) is 31.0 Å². The smallest absolute Gasteiger partial charge is 0.227 e. The minimum Gasteiger partial charge on any atom is -0.372 e. The van der Waals surface area contributed by atoms with Gasteiger partial charge in [-0.3, -0.25) is 4.79 Å². The number of hydrogen-bond donors (Lipinski definition) is 1. The average Bonchev–Trinajstić information content (AvgIpc) is 3.06. The van der Waals surface area contributed by atoms with E-state index in [2.05, 4.69) is 20.1 Å². The van der Waals surface area contributed by atoms with Gasteiger partial charge < -0.3 is 19.5 Å². The number of amides is 1. The predicted octanol–water partition coefficient (Wildman–Crippen LogP) is 1.51. The van der Waals surface area contributed by atoms with Gasteiger partial charge in [-0.25, -0.2) is 0 Å². The van der Waals surface area contributed by atoms with Crippen LogP contribution in [0.15, 0.2) is 30.3 Å². The van der Waals surface area contributed by atoms with Crippen molar-refractivity contribution in [1.29, 1.82) is 0 Å². The van der Waals surface area contributed by atoms with Gasteiger partial charge in [0.1, 0.15) is 12.4 Å². The van der Waals surface area contributed by atoms with Crippen molar-refractivity contribution < 1.29 is 9.53 Å². The Morgan fingerprint density at radius 3 is 2.96 bits per heavy atom. The van der Waals surface area contributed by atoms with Crippen LogP contribution in [0.5, 0.6) is 0 Å². The molecule has 0 saturated carbocycles. The molecule has 1 aromatic heterocycles. The molecule has 0 bridgehead atoms. The Balaban J connectivity index is 1.51. The maximum absolute atomic E-state index is 12.3. The number of benzene rings is 1. The lowest BCUT2D eigenvalue weighted by Gasteiger charge is -2.20. The van der Waals surface area contributed by atoms with Crippen molar-refractivity contribution in [2.45, 2.75) is 32.5 Å². The van der Waals surface area contributed by atoms with Crippen LogP contribution < -0.4 is 10.2 Å². The fourth-order valence-electron chi connectivity index (χ4n) is 2.79. The molecular weight excluding hydrogens is 306 g/mol. The number of ether oxygens (including phenoxy) is 1. The van der Waals surface area contributed by atoms with Gasteiger partial charge in [0.05, 0.1) is 12.6 Å². The Morgan fingerprint density at radius 1 is 1.38 bits per heavy atom. The second-order valence-electron chi connectivity index (χ2n) is 5.89. The van der Waals surface area contributed by atoms with E-state index in [9.17, 15) is 4.79 Å². The minimum absolute atomic E-state index is 0.0409. The van der Waals surface area contributed by atoms with Crippen LogP contribution in [0.4, 0.5) is 5.69 Å². The Morgan fingerprint density at radius 2 is 2.17 bits per heavy atom. The number of carbonyl (C=O) groups excluding carboxylic acids is 1. The number of para-hydroxylation sites is 1. The van der Waals surface area contributed by atoms with E-state index in [1.165, 1.54) is 0 Å². The van der Waals surface area contributed by atoms with Crippen LogP contribution in [-0.2, 0) is 22.7 Å². The van der Waals surface area contributed by atoms with Crippen LogP contribution in [0, 0.1) is 0 Å². The zero-order valence-corrected chi connectivity index (χ0v) is 14.1. The molecule has 0 aliphatic carbocycles. The largest absolute Gasteiger partial charge is 0.372 e. The fraction of sp³-hybridized carbons (Fsp3) is 0.471. The molecule has 0 saturated heterocycles. The maximum atomic E-state index is 12.3. The van der Waals surface area contributed by atoms with Gasteiger partial charge in [0, 0.05) is 32.2 Å². The average molecular weight is 329 g/mol. The van der Waals surface area contributed by atoms with Crippen molar-refractivity contribution in [3.8, 4) is 0 Å². The third-order valence-electron chi connectivity index (χ3n) is 4.24. The summed E-state index contributed by atoms with van der Waals surface area (Å²) in [7, 11) is 1.80. The summed E-state index contributed by atoms with van der Waals surface area (Å²) >= 11 is 0. The number of rotatable bonds is 6. The van der Waals surface area contributed by atoms with Crippen molar-refractivity contribution >= 4 is 11.6 Å². The lowest BCUT2D eigenvalue weighted by Crippen LogP contribution is -2.31. The summed E-state index contributed by atoms with van der Waals surface area (Å²) in [6, 6.07) is 9.70. The summed E-state index contributed by atoms with van der Waals surface area (Å²) in [6.07, 6.45) is 0.430. The van der Waals surface area contributed by atoms with Crippen LogP contribution in [0.25, 0.3) is 0 Å². The van der Waals surface area contributed by atoms with E-state index in [4.69, 9.17) is 4.74 Å². The number of carbonyl (C=O) groups is 1. The number of anilines is 1. The molecule has 3 rings (SSSR count). The van der Waals surface area contributed by atoms with Gasteiger partial charge in [0.15, 0.2) is 5.82 Å². The molecule has 1 aliphatic rings. The molecule has 1 unspecified atom stereocenters. The highest BCUT2D eigenvalue weighted by molar-refractivity contribution is 5.92. The van der Waals surface area contributed by atoms with E-state index in [1.54, 1.807) is 11.9 Å². The van der Waals surface area contributed by atoms with Gasteiger partial charge >= 0.3 is 0 Å². The normalized spacial score (nSPS) is 14.9. The molecule has 0 spiro atoms.